The largest absolute Gasteiger partial charge is 0.490 e. The van der Waals surface area contributed by atoms with Crippen LogP contribution in [-0.2, 0) is 0 Å². The molecule has 3 aromatic rings. The van der Waals surface area contributed by atoms with Crippen LogP contribution in [0.5, 0.6) is 34.5 Å². The van der Waals surface area contributed by atoms with E-state index in [2.05, 4.69) is 113 Å². The van der Waals surface area contributed by atoms with Crippen molar-refractivity contribution in [2.75, 3.05) is 39.6 Å². The molecule has 0 heterocycles. The second-order valence-corrected chi connectivity index (χ2v) is 26.2. The molecular formula is C84H132O6. The molecule has 0 bridgehead atoms. The molecule has 6 nitrogen and oxygen atoms in total. The Morgan fingerprint density at radius 3 is 0.400 bits per heavy atom. The third kappa shape index (κ3) is 36.4. The van der Waals surface area contributed by atoms with Crippen LogP contribution >= 0.6 is 0 Å². The quantitative estimate of drug-likeness (QED) is 0.0324. The third-order valence-electron chi connectivity index (χ3n) is 17.8. The second-order valence-electron chi connectivity index (χ2n) is 26.2. The molecule has 0 spiro atoms. The highest BCUT2D eigenvalue weighted by atomic mass is 16.5. The van der Waals surface area contributed by atoms with E-state index in [1.807, 2.05) is 0 Å². The lowest BCUT2D eigenvalue weighted by Crippen LogP contribution is -2.05. The van der Waals surface area contributed by atoms with E-state index in [1.54, 1.807) is 0 Å². The zero-order valence-corrected chi connectivity index (χ0v) is 59.1. The fourth-order valence-electron chi connectivity index (χ4n) is 11.9. The first kappa shape index (κ1) is 77.6. The standard InChI is InChI=1S/C84H132O6/c1-7-13-19-25-31-37-43-49-61-85-79-67-73-55-56-75-69-81(87-63-51-45-39-33-27-21-15-9-3)83(89-65-53-47-41-35-29-23-17-11-5)71-77(75)59-60-78-72-84(90-66-54-48-42-36-30-24-18-12-6)82(88-64-52-46-40-34-28-22-16-10-4)70-76(78)58-57-74(73)68-80(79)86-62-50-44-38-32-26-20-14-8-2/h67-72H,7-54,61-66H2,1-6H3. The lowest BCUT2D eigenvalue weighted by Gasteiger charge is -2.16. The van der Waals surface area contributed by atoms with E-state index in [0.717, 1.165) is 145 Å². The summed E-state index contributed by atoms with van der Waals surface area (Å²) in [6.07, 6.45) is 59.5. The SMILES string of the molecule is CCCCCCCCCCOc1cc2c(cc1OCCCCCCCCCC)C#Cc1cc(OCCCCCCCCCC)c(OCCCCCCCCCC)cc1C#Cc1cc(OCCCCCCCCCC)c(OCCCCCCCCCC)cc1C#C2. The first-order valence-electron chi connectivity index (χ1n) is 38.4. The van der Waals surface area contributed by atoms with Crippen molar-refractivity contribution in [2.24, 2.45) is 0 Å². The van der Waals surface area contributed by atoms with Crippen molar-refractivity contribution in [1.82, 2.24) is 0 Å². The predicted octanol–water partition coefficient (Wildman–Crippen LogP) is 25.3. The summed E-state index contributed by atoms with van der Waals surface area (Å²) in [5, 5.41) is 0. The van der Waals surface area contributed by atoms with E-state index in [1.165, 1.54) is 231 Å². The Labute approximate surface area is 554 Å². The van der Waals surface area contributed by atoms with E-state index in [9.17, 15) is 0 Å². The lowest BCUT2D eigenvalue weighted by molar-refractivity contribution is 0.258. The second kappa shape index (κ2) is 54.7. The van der Waals surface area contributed by atoms with Crippen LogP contribution in [0.25, 0.3) is 0 Å². The van der Waals surface area contributed by atoms with E-state index < -0.39 is 0 Å². The first-order valence-corrected chi connectivity index (χ1v) is 38.4. The van der Waals surface area contributed by atoms with Crippen molar-refractivity contribution in [3.63, 3.8) is 0 Å². The Bertz CT molecular complexity index is 2020. The summed E-state index contributed by atoms with van der Waals surface area (Å²) in [5.41, 5.74) is 4.76. The predicted molar refractivity (Wildman–Crippen MR) is 386 cm³/mol. The number of rotatable bonds is 60. The van der Waals surface area contributed by atoms with Crippen molar-refractivity contribution < 1.29 is 28.4 Å². The van der Waals surface area contributed by atoms with Crippen LogP contribution in [0.4, 0.5) is 0 Å². The summed E-state index contributed by atoms with van der Waals surface area (Å²) in [7, 11) is 0. The molecule has 3 aromatic carbocycles. The summed E-state index contributed by atoms with van der Waals surface area (Å²) in [6, 6.07) is 12.5. The van der Waals surface area contributed by atoms with Gasteiger partial charge in [-0.2, -0.15) is 0 Å². The molecular weight excluding hydrogens is 1100 g/mol. The molecule has 1 aliphatic carbocycles. The van der Waals surface area contributed by atoms with Crippen LogP contribution in [0.2, 0.25) is 0 Å². The molecule has 0 amide bonds. The first-order chi connectivity index (χ1) is 44.5. The third-order valence-corrected chi connectivity index (χ3v) is 17.8. The van der Waals surface area contributed by atoms with Gasteiger partial charge in [-0.1, -0.05) is 347 Å². The van der Waals surface area contributed by atoms with Crippen molar-refractivity contribution >= 4 is 0 Å². The summed E-state index contributed by atoms with van der Waals surface area (Å²) in [4.78, 5) is 0. The summed E-state index contributed by atoms with van der Waals surface area (Å²) < 4.78 is 40.5. The van der Waals surface area contributed by atoms with Gasteiger partial charge < -0.3 is 28.4 Å². The molecule has 6 heteroatoms. The minimum absolute atomic E-state index is 0.624. The zero-order chi connectivity index (χ0) is 63.8. The highest BCUT2D eigenvalue weighted by Crippen LogP contribution is 2.36. The van der Waals surface area contributed by atoms with Gasteiger partial charge in [-0.3, -0.25) is 0 Å². The summed E-state index contributed by atoms with van der Waals surface area (Å²) in [6.45, 7) is 17.5. The molecule has 0 aromatic heterocycles. The molecule has 0 N–H and O–H groups in total. The van der Waals surface area contributed by atoms with Gasteiger partial charge in [0.15, 0.2) is 34.5 Å². The van der Waals surface area contributed by atoms with Gasteiger partial charge >= 0.3 is 0 Å². The Kier molecular flexibility index (Phi) is 47.1. The van der Waals surface area contributed by atoms with Crippen LogP contribution in [0.3, 0.4) is 0 Å². The fourth-order valence-corrected chi connectivity index (χ4v) is 11.9. The van der Waals surface area contributed by atoms with Crippen molar-refractivity contribution in [3.05, 3.63) is 69.8 Å². The van der Waals surface area contributed by atoms with Gasteiger partial charge in [0, 0.05) is 69.8 Å². The van der Waals surface area contributed by atoms with Gasteiger partial charge in [0.1, 0.15) is 0 Å². The molecule has 0 saturated heterocycles. The van der Waals surface area contributed by atoms with Gasteiger partial charge in [0.05, 0.1) is 39.6 Å². The molecule has 1 aliphatic rings. The average Bonchev–Trinajstić information content (AvgIpc) is 1.26. The number of hydrogen-bond acceptors (Lipinski definition) is 6. The van der Waals surface area contributed by atoms with Crippen molar-refractivity contribution in [3.8, 4) is 70.0 Å². The summed E-state index contributed by atoms with van der Waals surface area (Å²) >= 11 is 0. The zero-order valence-electron chi connectivity index (χ0n) is 59.1. The number of unbranched alkanes of at least 4 members (excludes halogenated alkanes) is 42. The maximum atomic E-state index is 6.75. The van der Waals surface area contributed by atoms with E-state index in [-0.39, 0.29) is 0 Å². The highest BCUT2D eigenvalue weighted by Gasteiger charge is 2.17. The molecule has 504 valence electrons. The monoisotopic (exact) mass is 1240 g/mol. The number of fused-ring (bicyclic) bond motifs is 3. The lowest BCUT2D eigenvalue weighted by atomic mass is 10.0. The number of ether oxygens (including phenoxy) is 6. The van der Waals surface area contributed by atoms with Gasteiger partial charge in [-0.05, 0) is 38.5 Å². The van der Waals surface area contributed by atoms with E-state index >= 15 is 0 Å². The van der Waals surface area contributed by atoms with Crippen LogP contribution in [0, 0.1) is 35.5 Å². The smallest absolute Gasteiger partial charge is 0.162 e. The normalized spacial score (nSPS) is 11.4. The molecule has 0 atom stereocenters. The highest BCUT2D eigenvalue weighted by molar-refractivity contribution is 5.67. The van der Waals surface area contributed by atoms with Crippen molar-refractivity contribution in [2.45, 2.75) is 350 Å². The van der Waals surface area contributed by atoms with E-state index in [4.69, 9.17) is 28.4 Å². The average molecular weight is 1240 g/mol. The van der Waals surface area contributed by atoms with Crippen LogP contribution in [0.15, 0.2) is 36.4 Å². The molecule has 0 radical (unpaired) electrons. The fraction of sp³-hybridized carbons (Fsp3) is 0.714. The van der Waals surface area contributed by atoms with Crippen LogP contribution in [0.1, 0.15) is 383 Å². The van der Waals surface area contributed by atoms with E-state index in [0.29, 0.717) is 39.6 Å². The molecule has 0 aliphatic heterocycles. The van der Waals surface area contributed by atoms with Gasteiger partial charge in [0.2, 0.25) is 0 Å². The molecule has 4 rings (SSSR count). The van der Waals surface area contributed by atoms with Gasteiger partial charge in [-0.25, -0.2) is 0 Å². The minimum Gasteiger partial charge on any atom is -0.490 e. The minimum atomic E-state index is 0.624. The number of hydrogen-bond donors (Lipinski definition) is 0. The Morgan fingerprint density at radius 2 is 0.278 bits per heavy atom. The Hall–Kier alpha value is -4.86. The molecule has 0 fully saturated rings. The molecule has 0 unspecified atom stereocenters. The maximum absolute atomic E-state index is 6.75. The van der Waals surface area contributed by atoms with Gasteiger partial charge in [-0.15, -0.1) is 0 Å². The Morgan fingerprint density at radius 1 is 0.167 bits per heavy atom. The molecule has 90 heavy (non-hydrogen) atoms. The van der Waals surface area contributed by atoms with Crippen LogP contribution < -0.4 is 28.4 Å². The maximum Gasteiger partial charge on any atom is 0.162 e. The van der Waals surface area contributed by atoms with Gasteiger partial charge in [0.25, 0.3) is 0 Å². The molecule has 0 saturated carbocycles. The topological polar surface area (TPSA) is 55.4 Å². The van der Waals surface area contributed by atoms with Crippen LogP contribution in [-0.4, -0.2) is 39.6 Å². The number of benzene rings is 3. The summed E-state index contributed by atoms with van der Waals surface area (Å²) in [5.74, 6) is 26.2. The Balaban J connectivity index is 1.83. The van der Waals surface area contributed by atoms with Crippen molar-refractivity contribution in [1.29, 1.82) is 0 Å².